The molecule has 2 aromatic rings. The normalized spacial score (nSPS) is 19.6. The summed E-state index contributed by atoms with van der Waals surface area (Å²) in [6.07, 6.45) is 10.9. The lowest BCUT2D eigenvalue weighted by atomic mass is 9.88. The van der Waals surface area contributed by atoms with Crippen molar-refractivity contribution in [2.45, 2.75) is 51.0 Å². The van der Waals surface area contributed by atoms with E-state index < -0.39 is 0 Å². The molecule has 28 heavy (non-hydrogen) atoms. The second-order valence-electron chi connectivity index (χ2n) is 8.13. The molecule has 2 fully saturated rings. The number of nitrogens with one attached hydrogen (secondary N) is 1. The van der Waals surface area contributed by atoms with Gasteiger partial charge in [0.05, 0.1) is 22.8 Å². The van der Waals surface area contributed by atoms with E-state index in [-0.39, 0.29) is 5.91 Å². The summed E-state index contributed by atoms with van der Waals surface area (Å²) in [5.74, 6) is 1.44. The molecule has 1 aliphatic carbocycles. The maximum atomic E-state index is 12.6. The van der Waals surface area contributed by atoms with Gasteiger partial charge in [0.25, 0.3) is 5.91 Å². The number of hydrogen-bond acceptors (Lipinski definition) is 3. The minimum atomic E-state index is -0.193. The Labute approximate surface area is 172 Å². The second-order valence-corrected chi connectivity index (χ2v) is 8.54. The summed E-state index contributed by atoms with van der Waals surface area (Å²) in [5, 5.41) is 7.95. The van der Waals surface area contributed by atoms with Gasteiger partial charge < -0.3 is 10.2 Å². The van der Waals surface area contributed by atoms with Crippen LogP contribution in [0, 0.1) is 5.92 Å². The first-order valence-electron chi connectivity index (χ1n) is 10.5. The van der Waals surface area contributed by atoms with Crippen molar-refractivity contribution in [2.24, 2.45) is 5.92 Å². The quantitative estimate of drug-likeness (QED) is 0.767. The van der Waals surface area contributed by atoms with Gasteiger partial charge in [-0.25, -0.2) is 4.68 Å². The van der Waals surface area contributed by atoms with E-state index in [0.717, 1.165) is 37.7 Å². The average Bonchev–Trinajstić information content (AvgIpc) is 3.18. The van der Waals surface area contributed by atoms with Crippen molar-refractivity contribution in [3.05, 3.63) is 47.1 Å². The molecule has 1 aliphatic heterocycles. The molecule has 5 nitrogen and oxygen atoms in total. The molecule has 1 N–H and O–H groups in total. The summed E-state index contributed by atoms with van der Waals surface area (Å²) in [6, 6.07) is 9.31. The minimum Gasteiger partial charge on any atom is -0.307 e. The molecule has 0 spiro atoms. The smallest absolute Gasteiger partial charge is 0.258 e. The third-order valence-corrected chi connectivity index (χ3v) is 6.50. The maximum absolute atomic E-state index is 12.6. The summed E-state index contributed by atoms with van der Waals surface area (Å²) >= 11 is 6.15. The van der Waals surface area contributed by atoms with Crippen molar-refractivity contribution in [1.29, 1.82) is 0 Å². The summed E-state index contributed by atoms with van der Waals surface area (Å²) in [4.78, 5) is 15.2. The van der Waals surface area contributed by atoms with E-state index in [4.69, 9.17) is 11.6 Å². The Morgan fingerprint density at radius 3 is 2.57 bits per heavy atom. The van der Waals surface area contributed by atoms with Crippen molar-refractivity contribution in [2.75, 3.05) is 25.0 Å². The Bertz CT molecular complexity index is 791. The molecule has 0 radical (unpaired) electrons. The summed E-state index contributed by atoms with van der Waals surface area (Å²) in [7, 11) is 0. The monoisotopic (exact) mass is 400 g/mol. The van der Waals surface area contributed by atoms with E-state index in [2.05, 4.69) is 15.3 Å². The van der Waals surface area contributed by atoms with Crippen molar-refractivity contribution < 1.29 is 4.79 Å². The molecule has 1 amide bonds. The summed E-state index contributed by atoms with van der Waals surface area (Å²) in [6.45, 7) is 3.47. The molecule has 4 rings (SSSR count). The number of carbonyl (C=O) groups excluding carboxylic acids is 1. The maximum Gasteiger partial charge on any atom is 0.258 e. The Morgan fingerprint density at radius 1 is 1.07 bits per heavy atom. The Kier molecular flexibility index (Phi) is 6.33. The van der Waals surface area contributed by atoms with Gasteiger partial charge in [0.2, 0.25) is 0 Å². The van der Waals surface area contributed by atoms with Gasteiger partial charge in [-0.2, -0.15) is 5.10 Å². The predicted octanol–water partition coefficient (Wildman–Crippen LogP) is 5.01. The number of anilines is 1. The van der Waals surface area contributed by atoms with E-state index >= 15 is 0 Å². The molecule has 150 valence electrons. The lowest BCUT2D eigenvalue weighted by molar-refractivity contribution is 0.102. The standard InChI is InChI=1S/C22H29ClN4O/c23-20-9-5-4-8-19(20)22(28)25-21-10-13-24-27(21)18-11-14-26(15-12-18)16-17-6-2-1-3-7-17/h4-5,8-10,13,17-18H,1-3,6-7,11-12,14-16H2,(H,25,28). The van der Waals surface area contributed by atoms with Crippen LogP contribution in [0.4, 0.5) is 5.82 Å². The largest absolute Gasteiger partial charge is 0.307 e. The van der Waals surface area contributed by atoms with Gasteiger partial charge in [-0.3, -0.25) is 4.79 Å². The molecule has 0 bridgehead atoms. The van der Waals surface area contributed by atoms with E-state index in [1.165, 1.54) is 38.6 Å². The van der Waals surface area contributed by atoms with Crippen LogP contribution in [0.3, 0.4) is 0 Å². The average molecular weight is 401 g/mol. The number of nitrogens with zero attached hydrogens (tertiary/aromatic N) is 3. The van der Waals surface area contributed by atoms with Crippen LogP contribution in [-0.4, -0.2) is 40.2 Å². The number of halogens is 1. The van der Waals surface area contributed by atoms with Crippen LogP contribution in [0.15, 0.2) is 36.5 Å². The first-order valence-corrected chi connectivity index (χ1v) is 10.9. The zero-order valence-electron chi connectivity index (χ0n) is 16.3. The first kappa shape index (κ1) is 19.5. The number of hydrogen-bond donors (Lipinski definition) is 1. The lowest BCUT2D eigenvalue weighted by Gasteiger charge is -2.35. The van der Waals surface area contributed by atoms with E-state index in [1.807, 2.05) is 22.9 Å². The first-order chi connectivity index (χ1) is 13.7. The van der Waals surface area contributed by atoms with Crippen molar-refractivity contribution in [3.8, 4) is 0 Å². The highest BCUT2D eigenvalue weighted by atomic mass is 35.5. The third-order valence-electron chi connectivity index (χ3n) is 6.17. The molecule has 0 atom stereocenters. The van der Waals surface area contributed by atoms with Crippen LogP contribution < -0.4 is 5.32 Å². The number of carbonyl (C=O) groups is 1. The SMILES string of the molecule is O=C(Nc1ccnn1C1CCN(CC2CCCCC2)CC1)c1ccccc1Cl. The zero-order valence-corrected chi connectivity index (χ0v) is 17.1. The molecule has 6 heteroatoms. The third kappa shape index (κ3) is 4.58. The highest BCUT2D eigenvalue weighted by molar-refractivity contribution is 6.34. The Morgan fingerprint density at radius 2 is 1.82 bits per heavy atom. The molecular formula is C22H29ClN4O. The molecule has 2 aliphatic rings. The molecule has 1 aromatic heterocycles. The number of rotatable bonds is 5. The van der Waals surface area contributed by atoms with Crippen LogP contribution in [0.1, 0.15) is 61.3 Å². The zero-order chi connectivity index (χ0) is 19.3. The molecule has 1 saturated heterocycles. The fourth-order valence-electron chi connectivity index (χ4n) is 4.61. The molecular weight excluding hydrogens is 372 g/mol. The van der Waals surface area contributed by atoms with Crippen LogP contribution in [0.5, 0.6) is 0 Å². The number of likely N-dealkylation sites (tertiary alicyclic amines) is 1. The van der Waals surface area contributed by atoms with Gasteiger partial charge >= 0.3 is 0 Å². The number of aromatic nitrogens is 2. The highest BCUT2D eigenvalue weighted by Gasteiger charge is 2.25. The highest BCUT2D eigenvalue weighted by Crippen LogP contribution is 2.29. The molecule has 0 unspecified atom stereocenters. The van der Waals surface area contributed by atoms with Gasteiger partial charge in [0.1, 0.15) is 5.82 Å². The Balaban J connectivity index is 1.34. The molecule has 1 saturated carbocycles. The second kappa shape index (κ2) is 9.10. The van der Waals surface area contributed by atoms with E-state index in [9.17, 15) is 4.79 Å². The Hall–Kier alpha value is -1.85. The van der Waals surface area contributed by atoms with E-state index in [0.29, 0.717) is 16.6 Å². The van der Waals surface area contributed by atoms with Crippen LogP contribution in [0.2, 0.25) is 5.02 Å². The predicted molar refractivity (Wildman–Crippen MR) is 113 cm³/mol. The molecule has 2 heterocycles. The minimum absolute atomic E-state index is 0.193. The van der Waals surface area contributed by atoms with Gasteiger partial charge in [-0.1, -0.05) is 43.0 Å². The van der Waals surface area contributed by atoms with Crippen LogP contribution in [0.25, 0.3) is 0 Å². The summed E-state index contributed by atoms with van der Waals surface area (Å²) in [5.41, 5.74) is 0.485. The summed E-state index contributed by atoms with van der Waals surface area (Å²) < 4.78 is 1.98. The number of piperidine rings is 1. The van der Waals surface area contributed by atoms with Gasteiger partial charge in [-0.15, -0.1) is 0 Å². The molecule has 1 aromatic carbocycles. The van der Waals surface area contributed by atoms with Crippen molar-refractivity contribution in [3.63, 3.8) is 0 Å². The van der Waals surface area contributed by atoms with Gasteiger partial charge in [0.15, 0.2) is 0 Å². The fraction of sp³-hybridized carbons (Fsp3) is 0.545. The number of amides is 1. The van der Waals surface area contributed by atoms with Gasteiger partial charge in [-0.05, 0) is 43.7 Å². The number of benzene rings is 1. The van der Waals surface area contributed by atoms with Gasteiger partial charge in [0, 0.05) is 25.7 Å². The van der Waals surface area contributed by atoms with Crippen molar-refractivity contribution >= 4 is 23.3 Å². The lowest BCUT2D eigenvalue weighted by Crippen LogP contribution is -2.38. The van der Waals surface area contributed by atoms with Crippen LogP contribution >= 0.6 is 11.6 Å². The fourth-order valence-corrected chi connectivity index (χ4v) is 4.84. The van der Waals surface area contributed by atoms with E-state index in [1.54, 1.807) is 18.3 Å². The topological polar surface area (TPSA) is 50.2 Å². The van der Waals surface area contributed by atoms with Crippen LogP contribution in [-0.2, 0) is 0 Å². The van der Waals surface area contributed by atoms with Crippen molar-refractivity contribution in [1.82, 2.24) is 14.7 Å².